The molecule has 2 unspecified atom stereocenters. The lowest BCUT2D eigenvalue weighted by Crippen LogP contribution is -2.27. The van der Waals surface area contributed by atoms with E-state index in [0.29, 0.717) is 12.7 Å². The summed E-state index contributed by atoms with van der Waals surface area (Å²) in [5.41, 5.74) is 6.43. The second kappa shape index (κ2) is 6.16. The molecule has 0 amide bonds. The van der Waals surface area contributed by atoms with Crippen molar-refractivity contribution in [2.24, 2.45) is 0 Å². The summed E-state index contributed by atoms with van der Waals surface area (Å²) in [6.07, 6.45) is 4.72. The Balaban J connectivity index is 1.85. The van der Waals surface area contributed by atoms with Crippen LogP contribution in [0.1, 0.15) is 31.2 Å². The number of rotatable bonds is 4. The van der Waals surface area contributed by atoms with Crippen LogP contribution in [-0.2, 0) is 16.1 Å². The van der Waals surface area contributed by atoms with Gasteiger partial charge in [-0.3, -0.25) is 0 Å². The van der Waals surface area contributed by atoms with Crippen molar-refractivity contribution < 1.29 is 13.9 Å². The number of hydrogen-bond acceptors (Lipinski definition) is 3. The Morgan fingerprint density at radius 1 is 1.33 bits per heavy atom. The molecule has 4 heteroatoms. The van der Waals surface area contributed by atoms with Gasteiger partial charge in [0.25, 0.3) is 0 Å². The largest absolute Gasteiger partial charge is 0.396 e. The summed E-state index contributed by atoms with van der Waals surface area (Å²) in [5, 5.41) is 0. The van der Waals surface area contributed by atoms with Gasteiger partial charge in [0.2, 0.25) is 0 Å². The summed E-state index contributed by atoms with van der Waals surface area (Å²) in [6, 6.07) is 4.81. The summed E-state index contributed by atoms with van der Waals surface area (Å²) in [7, 11) is 1.74. The van der Waals surface area contributed by atoms with E-state index < -0.39 is 0 Å². The van der Waals surface area contributed by atoms with E-state index in [1.807, 2.05) is 0 Å². The number of ether oxygens (including phenoxy) is 2. The van der Waals surface area contributed by atoms with Gasteiger partial charge in [-0.15, -0.1) is 0 Å². The van der Waals surface area contributed by atoms with Crippen molar-refractivity contribution >= 4 is 5.69 Å². The minimum Gasteiger partial charge on any atom is -0.396 e. The highest BCUT2D eigenvalue weighted by atomic mass is 19.1. The van der Waals surface area contributed by atoms with E-state index in [-0.39, 0.29) is 17.6 Å². The Bertz CT molecular complexity index is 397. The maximum absolute atomic E-state index is 13.3. The van der Waals surface area contributed by atoms with Gasteiger partial charge in [0, 0.05) is 7.11 Å². The molecule has 0 aliphatic heterocycles. The molecule has 0 radical (unpaired) electrons. The number of anilines is 1. The Hall–Kier alpha value is -1.13. The first-order valence-corrected chi connectivity index (χ1v) is 6.37. The maximum Gasteiger partial charge on any atom is 0.146 e. The van der Waals surface area contributed by atoms with Gasteiger partial charge in [-0.2, -0.15) is 0 Å². The lowest BCUT2D eigenvalue weighted by molar-refractivity contribution is -0.0363. The summed E-state index contributed by atoms with van der Waals surface area (Å²) in [6.45, 7) is 0.429. The van der Waals surface area contributed by atoms with Crippen LogP contribution in [-0.4, -0.2) is 19.3 Å². The fourth-order valence-electron chi connectivity index (χ4n) is 2.34. The van der Waals surface area contributed by atoms with Gasteiger partial charge in [-0.25, -0.2) is 4.39 Å². The summed E-state index contributed by atoms with van der Waals surface area (Å²) in [5.74, 6) is -0.380. The molecule has 1 saturated carbocycles. The average Bonchev–Trinajstić information content (AvgIpc) is 2.40. The first-order valence-electron chi connectivity index (χ1n) is 6.37. The number of nitrogen functional groups attached to an aromatic ring is 1. The maximum atomic E-state index is 13.3. The van der Waals surface area contributed by atoms with E-state index in [4.69, 9.17) is 15.2 Å². The summed E-state index contributed by atoms with van der Waals surface area (Å²) >= 11 is 0. The molecule has 1 fully saturated rings. The molecule has 1 aromatic rings. The second-order valence-electron chi connectivity index (χ2n) is 4.81. The highest BCUT2D eigenvalue weighted by Gasteiger charge is 2.22. The predicted molar refractivity (Wildman–Crippen MR) is 68.7 cm³/mol. The topological polar surface area (TPSA) is 44.5 Å². The average molecular weight is 253 g/mol. The number of nitrogens with two attached hydrogens (primary N) is 1. The standard InChI is InChI=1S/C14H20FNO2/c1-17-11-3-2-4-12(8-11)18-9-10-5-6-14(16)13(15)7-10/h5-7,11-12H,2-4,8-9,16H2,1H3. The second-order valence-corrected chi connectivity index (χ2v) is 4.81. The van der Waals surface area contributed by atoms with Crippen LogP contribution in [0.3, 0.4) is 0 Å². The van der Waals surface area contributed by atoms with Crippen molar-refractivity contribution in [2.75, 3.05) is 12.8 Å². The van der Waals surface area contributed by atoms with Gasteiger partial charge in [0.05, 0.1) is 24.5 Å². The van der Waals surface area contributed by atoms with Gasteiger partial charge in [-0.05, 0) is 43.4 Å². The minimum absolute atomic E-state index is 0.177. The van der Waals surface area contributed by atoms with E-state index in [0.717, 1.165) is 31.2 Å². The smallest absolute Gasteiger partial charge is 0.146 e. The van der Waals surface area contributed by atoms with E-state index in [2.05, 4.69) is 0 Å². The monoisotopic (exact) mass is 253 g/mol. The van der Waals surface area contributed by atoms with Crippen LogP contribution < -0.4 is 5.73 Å². The summed E-state index contributed by atoms with van der Waals surface area (Å²) < 4.78 is 24.4. The lowest BCUT2D eigenvalue weighted by atomic mass is 9.95. The van der Waals surface area contributed by atoms with E-state index in [1.165, 1.54) is 6.07 Å². The molecule has 0 aromatic heterocycles. The van der Waals surface area contributed by atoms with Gasteiger partial charge >= 0.3 is 0 Å². The molecule has 2 rings (SSSR count). The molecule has 3 nitrogen and oxygen atoms in total. The molecule has 0 spiro atoms. The van der Waals surface area contributed by atoms with Crippen molar-refractivity contribution in [2.45, 2.75) is 44.5 Å². The van der Waals surface area contributed by atoms with E-state index in [1.54, 1.807) is 19.2 Å². The van der Waals surface area contributed by atoms with Crippen molar-refractivity contribution in [3.8, 4) is 0 Å². The Kier molecular flexibility index (Phi) is 4.55. The number of halogens is 1. The lowest BCUT2D eigenvalue weighted by Gasteiger charge is -2.28. The van der Waals surface area contributed by atoms with Crippen LogP contribution in [0.2, 0.25) is 0 Å². The van der Waals surface area contributed by atoms with Crippen LogP contribution in [0.5, 0.6) is 0 Å². The van der Waals surface area contributed by atoms with Crippen LogP contribution in [0, 0.1) is 5.82 Å². The summed E-state index contributed by atoms with van der Waals surface area (Å²) in [4.78, 5) is 0. The number of methoxy groups -OCH3 is 1. The predicted octanol–water partition coefficient (Wildman–Crippen LogP) is 2.88. The van der Waals surface area contributed by atoms with Gasteiger partial charge in [0.15, 0.2) is 0 Å². The van der Waals surface area contributed by atoms with Gasteiger partial charge in [-0.1, -0.05) is 6.07 Å². The molecule has 18 heavy (non-hydrogen) atoms. The van der Waals surface area contributed by atoms with Crippen LogP contribution in [0.4, 0.5) is 10.1 Å². The third-order valence-electron chi connectivity index (χ3n) is 3.46. The normalized spacial score (nSPS) is 24.1. The van der Waals surface area contributed by atoms with Crippen molar-refractivity contribution in [1.29, 1.82) is 0 Å². The minimum atomic E-state index is -0.380. The molecule has 2 N–H and O–H groups in total. The van der Waals surface area contributed by atoms with Crippen molar-refractivity contribution in [3.63, 3.8) is 0 Å². The SMILES string of the molecule is COC1CCCC(OCc2ccc(N)c(F)c2)C1. The molecule has 1 aliphatic carbocycles. The highest BCUT2D eigenvalue weighted by molar-refractivity contribution is 5.41. The zero-order valence-corrected chi connectivity index (χ0v) is 10.7. The van der Waals surface area contributed by atoms with Crippen LogP contribution in [0.15, 0.2) is 18.2 Å². The highest BCUT2D eigenvalue weighted by Crippen LogP contribution is 2.24. The molecular formula is C14H20FNO2. The van der Waals surface area contributed by atoms with Crippen molar-refractivity contribution in [1.82, 2.24) is 0 Å². The molecule has 0 heterocycles. The fourth-order valence-corrected chi connectivity index (χ4v) is 2.34. The van der Waals surface area contributed by atoms with E-state index >= 15 is 0 Å². The number of hydrogen-bond donors (Lipinski definition) is 1. The third-order valence-corrected chi connectivity index (χ3v) is 3.46. The molecule has 1 aliphatic rings. The number of benzene rings is 1. The Morgan fingerprint density at radius 3 is 2.83 bits per heavy atom. The molecule has 1 aromatic carbocycles. The zero-order chi connectivity index (χ0) is 13.0. The fraction of sp³-hybridized carbons (Fsp3) is 0.571. The first kappa shape index (κ1) is 13.3. The van der Waals surface area contributed by atoms with Gasteiger partial charge in [0.1, 0.15) is 5.82 Å². The molecule has 2 atom stereocenters. The Morgan fingerprint density at radius 2 is 2.11 bits per heavy atom. The molecular weight excluding hydrogens is 233 g/mol. The molecule has 0 saturated heterocycles. The van der Waals surface area contributed by atoms with Crippen LogP contribution >= 0.6 is 0 Å². The third kappa shape index (κ3) is 3.43. The Labute approximate surface area is 107 Å². The van der Waals surface area contributed by atoms with E-state index in [9.17, 15) is 4.39 Å². The molecule has 0 bridgehead atoms. The quantitative estimate of drug-likeness (QED) is 0.839. The molecule has 100 valence electrons. The van der Waals surface area contributed by atoms with Crippen molar-refractivity contribution in [3.05, 3.63) is 29.6 Å². The van der Waals surface area contributed by atoms with Gasteiger partial charge < -0.3 is 15.2 Å². The first-order chi connectivity index (χ1) is 8.69. The van der Waals surface area contributed by atoms with Crippen LogP contribution in [0.25, 0.3) is 0 Å². The zero-order valence-electron chi connectivity index (χ0n) is 10.7.